The van der Waals surface area contributed by atoms with Crippen molar-refractivity contribution >= 4 is 75.8 Å². The maximum Gasteiger partial charge on any atom is 0.136 e. The molecule has 13 aromatic carbocycles. The molecular formula is C68H42O. The van der Waals surface area contributed by atoms with E-state index in [4.69, 9.17) is 4.42 Å². The van der Waals surface area contributed by atoms with Gasteiger partial charge < -0.3 is 4.42 Å². The summed E-state index contributed by atoms with van der Waals surface area (Å²) in [5.41, 5.74) is 16.3. The molecule has 0 spiro atoms. The van der Waals surface area contributed by atoms with Crippen LogP contribution in [-0.2, 0) is 0 Å². The first-order chi connectivity index (χ1) is 34.3. The minimum atomic E-state index is 0.874. The molecule has 0 saturated heterocycles. The normalized spacial score (nSPS) is 11.8. The van der Waals surface area contributed by atoms with Crippen molar-refractivity contribution < 1.29 is 4.42 Å². The van der Waals surface area contributed by atoms with Crippen LogP contribution >= 0.6 is 0 Å². The van der Waals surface area contributed by atoms with Crippen LogP contribution in [0.3, 0.4) is 0 Å². The van der Waals surface area contributed by atoms with Gasteiger partial charge in [-0.2, -0.15) is 0 Å². The van der Waals surface area contributed by atoms with Gasteiger partial charge in [-0.1, -0.05) is 237 Å². The van der Waals surface area contributed by atoms with Gasteiger partial charge in [-0.15, -0.1) is 0 Å². The molecule has 14 aromatic rings. The van der Waals surface area contributed by atoms with Gasteiger partial charge in [0, 0.05) is 10.8 Å². The van der Waals surface area contributed by atoms with Crippen LogP contribution < -0.4 is 0 Å². The summed E-state index contributed by atoms with van der Waals surface area (Å²) in [5.74, 6) is 0. The number of furan rings is 1. The Morgan fingerprint density at radius 1 is 0.188 bits per heavy atom. The minimum Gasteiger partial charge on any atom is -0.456 e. The molecule has 1 heteroatoms. The quantitative estimate of drug-likeness (QED) is 0.152. The van der Waals surface area contributed by atoms with E-state index in [1.165, 1.54) is 115 Å². The van der Waals surface area contributed by atoms with E-state index in [0.29, 0.717) is 0 Å². The fourth-order valence-corrected chi connectivity index (χ4v) is 11.5. The third kappa shape index (κ3) is 6.18. The predicted molar refractivity (Wildman–Crippen MR) is 294 cm³/mol. The third-order valence-corrected chi connectivity index (χ3v) is 14.5. The minimum absolute atomic E-state index is 0.874. The number of hydrogen-bond donors (Lipinski definition) is 0. The van der Waals surface area contributed by atoms with Crippen molar-refractivity contribution in [2.75, 3.05) is 0 Å². The highest BCUT2D eigenvalue weighted by atomic mass is 16.3. The molecule has 0 N–H and O–H groups in total. The molecule has 1 aromatic heterocycles. The zero-order chi connectivity index (χ0) is 45.4. The summed E-state index contributed by atoms with van der Waals surface area (Å²) in [6.07, 6.45) is 0. The summed E-state index contributed by atoms with van der Waals surface area (Å²) in [5, 5.41) is 14.5. The van der Waals surface area contributed by atoms with Crippen molar-refractivity contribution in [2.24, 2.45) is 0 Å². The summed E-state index contributed by atoms with van der Waals surface area (Å²) >= 11 is 0. The van der Waals surface area contributed by atoms with E-state index in [9.17, 15) is 0 Å². The fraction of sp³-hybridized carbons (Fsp3) is 0. The monoisotopic (exact) mass is 874 g/mol. The molecule has 0 aliphatic rings. The average molecular weight is 875 g/mol. The van der Waals surface area contributed by atoms with Gasteiger partial charge >= 0.3 is 0 Å². The maximum absolute atomic E-state index is 6.95. The second-order valence-corrected chi connectivity index (χ2v) is 18.2. The maximum atomic E-state index is 6.95. The summed E-state index contributed by atoms with van der Waals surface area (Å²) in [7, 11) is 0. The lowest BCUT2D eigenvalue weighted by atomic mass is 9.83. The number of hydrogen-bond acceptors (Lipinski definition) is 1. The Bertz CT molecular complexity index is 4220. The van der Waals surface area contributed by atoms with Gasteiger partial charge in [0.2, 0.25) is 0 Å². The number of benzene rings is 13. The SMILES string of the molecule is c1ccc(-c2ccc(-c3c4ccccc4c(-c4ccc5c(c4)oc4cccc(-c6c7ccccc7c(-c7ccc(-c8ccccc8)c8ccccc78)c7ccccc67)c45)c4ccccc34)cc2)cc1. The lowest BCUT2D eigenvalue weighted by Crippen LogP contribution is -1.93. The van der Waals surface area contributed by atoms with E-state index in [2.05, 4.69) is 255 Å². The second-order valence-electron chi connectivity index (χ2n) is 18.2. The second kappa shape index (κ2) is 15.8. The van der Waals surface area contributed by atoms with Gasteiger partial charge in [-0.25, -0.2) is 0 Å². The molecule has 320 valence electrons. The van der Waals surface area contributed by atoms with E-state index in [0.717, 1.165) is 27.5 Å². The Balaban J connectivity index is 0.957. The van der Waals surface area contributed by atoms with Gasteiger partial charge in [-0.3, -0.25) is 0 Å². The number of rotatable bonds is 6. The van der Waals surface area contributed by atoms with E-state index in [1.54, 1.807) is 0 Å². The third-order valence-electron chi connectivity index (χ3n) is 14.5. The molecule has 69 heavy (non-hydrogen) atoms. The zero-order valence-corrected chi connectivity index (χ0v) is 37.7. The summed E-state index contributed by atoms with van der Waals surface area (Å²) in [6, 6.07) is 93.1. The lowest BCUT2D eigenvalue weighted by Gasteiger charge is -2.20. The Morgan fingerprint density at radius 3 is 1.13 bits per heavy atom. The summed E-state index contributed by atoms with van der Waals surface area (Å²) < 4.78 is 6.95. The first-order valence-corrected chi connectivity index (χ1v) is 23.8. The van der Waals surface area contributed by atoms with Crippen LogP contribution in [0.1, 0.15) is 0 Å². The van der Waals surface area contributed by atoms with E-state index in [-0.39, 0.29) is 0 Å². The topological polar surface area (TPSA) is 13.1 Å². The molecule has 0 fully saturated rings. The first-order valence-electron chi connectivity index (χ1n) is 23.8. The van der Waals surface area contributed by atoms with Gasteiger partial charge in [0.15, 0.2) is 0 Å². The van der Waals surface area contributed by atoms with Crippen LogP contribution in [0.25, 0.3) is 143 Å². The van der Waals surface area contributed by atoms with Crippen molar-refractivity contribution in [3.63, 3.8) is 0 Å². The predicted octanol–water partition coefficient (Wildman–Crippen LogP) is 19.4. The smallest absolute Gasteiger partial charge is 0.136 e. The molecule has 0 atom stereocenters. The van der Waals surface area contributed by atoms with Crippen molar-refractivity contribution in [1.82, 2.24) is 0 Å². The van der Waals surface area contributed by atoms with Crippen molar-refractivity contribution in [1.29, 1.82) is 0 Å². The lowest BCUT2D eigenvalue weighted by molar-refractivity contribution is 0.669. The molecule has 0 aliphatic heterocycles. The van der Waals surface area contributed by atoms with Crippen LogP contribution in [0.2, 0.25) is 0 Å². The highest BCUT2D eigenvalue weighted by Crippen LogP contribution is 2.50. The van der Waals surface area contributed by atoms with Gasteiger partial charge in [0.25, 0.3) is 0 Å². The molecule has 0 aliphatic carbocycles. The van der Waals surface area contributed by atoms with Gasteiger partial charge in [0.05, 0.1) is 0 Å². The van der Waals surface area contributed by atoms with E-state index < -0.39 is 0 Å². The summed E-state index contributed by atoms with van der Waals surface area (Å²) in [4.78, 5) is 0. The van der Waals surface area contributed by atoms with Crippen molar-refractivity contribution in [3.05, 3.63) is 255 Å². The van der Waals surface area contributed by atoms with Crippen molar-refractivity contribution in [2.45, 2.75) is 0 Å². The standard InChI is InChI=1S/C68H42O/c1-3-18-43(19-4-1)44-34-36-46(37-35-44)64-51-24-9-11-26-53(51)65(54-27-12-10-25-52(54)64)47-38-39-60-63(42-47)69-62-33-17-32-61(68(60)62)67-57-30-15-13-28-55(57)66(56-29-14-16-31-58(56)67)59-41-40-48(45-20-5-2-6-21-45)49-22-7-8-23-50(49)59/h1-42H. The highest BCUT2D eigenvalue weighted by molar-refractivity contribution is 6.28. The summed E-state index contributed by atoms with van der Waals surface area (Å²) in [6.45, 7) is 0. The van der Waals surface area contributed by atoms with Crippen LogP contribution in [0, 0.1) is 0 Å². The molecule has 0 radical (unpaired) electrons. The molecule has 0 saturated carbocycles. The molecule has 1 heterocycles. The Morgan fingerprint density at radius 2 is 0.580 bits per heavy atom. The van der Waals surface area contributed by atoms with Crippen molar-refractivity contribution in [3.8, 4) is 66.8 Å². The Hall–Kier alpha value is -9.04. The highest BCUT2D eigenvalue weighted by Gasteiger charge is 2.23. The molecule has 14 rings (SSSR count). The van der Waals surface area contributed by atoms with Gasteiger partial charge in [0.1, 0.15) is 11.2 Å². The Kier molecular flexibility index (Phi) is 8.97. The van der Waals surface area contributed by atoms with E-state index in [1.807, 2.05) is 0 Å². The largest absolute Gasteiger partial charge is 0.456 e. The van der Waals surface area contributed by atoms with Crippen LogP contribution in [-0.4, -0.2) is 0 Å². The van der Waals surface area contributed by atoms with E-state index >= 15 is 0 Å². The molecule has 0 unspecified atom stereocenters. The number of fused-ring (bicyclic) bond motifs is 8. The molecule has 1 nitrogen and oxygen atoms in total. The fourth-order valence-electron chi connectivity index (χ4n) is 11.5. The molecule has 0 amide bonds. The Labute approximate surface area is 399 Å². The molecular weight excluding hydrogens is 833 g/mol. The molecule has 0 bridgehead atoms. The van der Waals surface area contributed by atoms with Gasteiger partial charge in [-0.05, 0) is 139 Å². The van der Waals surface area contributed by atoms with Crippen LogP contribution in [0.4, 0.5) is 0 Å². The van der Waals surface area contributed by atoms with Crippen LogP contribution in [0.15, 0.2) is 259 Å². The average Bonchev–Trinajstić information content (AvgIpc) is 3.80. The van der Waals surface area contributed by atoms with Crippen LogP contribution in [0.5, 0.6) is 0 Å². The first kappa shape index (κ1) is 39.2. The zero-order valence-electron chi connectivity index (χ0n) is 37.7.